The molecule has 1 unspecified atom stereocenters. The van der Waals surface area contributed by atoms with Crippen molar-refractivity contribution in [2.75, 3.05) is 5.32 Å². The standard InChI is InChI=1S/C20H17F3N6O3/c1-11-5-2-3-8-14(11)15(10-24)16(28-29-19(32)18(31)27-25)17(30)26-13-7-4-6-12(9-13)20(21,22)23/h2-9,15H,25H2,1H3,(H,26,30)(H,27,31)(H,29,32)/b28-16-. The molecular weight excluding hydrogens is 429 g/mol. The van der Waals surface area contributed by atoms with Gasteiger partial charge in [0.15, 0.2) is 0 Å². The maximum absolute atomic E-state index is 13.0. The van der Waals surface area contributed by atoms with Gasteiger partial charge in [-0.2, -0.15) is 23.5 Å². The molecule has 0 fully saturated rings. The summed E-state index contributed by atoms with van der Waals surface area (Å²) in [6.45, 7) is 1.67. The Morgan fingerprint density at radius 2 is 1.75 bits per heavy atom. The first-order valence-electron chi connectivity index (χ1n) is 8.90. The number of nitrogens with one attached hydrogen (secondary N) is 3. The van der Waals surface area contributed by atoms with E-state index in [1.165, 1.54) is 6.07 Å². The van der Waals surface area contributed by atoms with E-state index in [0.717, 1.165) is 12.1 Å². The number of carbonyl (C=O) groups excluding carboxylic acids is 3. The van der Waals surface area contributed by atoms with Crippen LogP contribution in [0.5, 0.6) is 0 Å². The van der Waals surface area contributed by atoms with E-state index in [1.54, 1.807) is 42.0 Å². The number of hydrazone groups is 1. The summed E-state index contributed by atoms with van der Waals surface area (Å²) in [5.74, 6) is -0.113. The molecule has 0 saturated carbocycles. The highest BCUT2D eigenvalue weighted by Crippen LogP contribution is 2.31. The van der Waals surface area contributed by atoms with E-state index < -0.39 is 41.1 Å². The second-order valence-corrected chi connectivity index (χ2v) is 6.36. The van der Waals surface area contributed by atoms with Crippen LogP contribution in [0.1, 0.15) is 22.6 Å². The summed E-state index contributed by atoms with van der Waals surface area (Å²) in [6.07, 6.45) is -4.64. The second-order valence-electron chi connectivity index (χ2n) is 6.36. The molecule has 0 spiro atoms. The Morgan fingerprint density at radius 1 is 1.06 bits per heavy atom. The monoisotopic (exact) mass is 446 g/mol. The SMILES string of the molecule is Cc1ccccc1C(C#N)/C(=N/NC(=O)C(=O)NN)C(=O)Nc1cccc(C(F)(F)F)c1. The molecule has 0 aliphatic carbocycles. The van der Waals surface area contributed by atoms with E-state index in [4.69, 9.17) is 5.84 Å². The van der Waals surface area contributed by atoms with Crippen LogP contribution >= 0.6 is 0 Å². The number of anilines is 1. The molecule has 0 aromatic heterocycles. The average molecular weight is 446 g/mol. The van der Waals surface area contributed by atoms with E-state index in [1.807, 2.05) is 6.07 Å². The van der Waals surface area contributed by atoms with Gasteiger partial charge in [0.25, 0.3) is 5.91 Å². The van der Waals surface area contributed by atoms with Gasteiger partial charge in [-0.25, -0.2) is 11.3 Å². The van der Waals surface area contributed by atoms with Crippen LogP contribution in [0.3, 0.4) is 0 Å². The quantitative estimate of drug-likeness (QED) is 0.181. The summed E-state index contributed by atoms with van der Waals surface area (Å²) in [5.41, 5.74) is 2.58. The lowest BCUT2D eigenvalue weighted by Crippen LogP contribution is -2.42. The van der Waals surface area contributed by atoms with Crippen molar-refractivity contribution in [1.82, 2.24) is 10.9 Å². The fraction of sp³-hybridized carbons (Fsp3) is 0.150. The molecule has 0 heterocycles. The number of hydrogen-bond acceptors (Lipinski definition) is 6. The minimum absolute atomic E-state index is 0.218. The zero-order valence-corrected chi connectivity index (χ0v) is 16.5. The van der Waals surface area contributed by atoms with Crippen molar-refractivity contribution < 1.29 is 27.6 Å². The Kier molecular flexibility index (Phi) is 7.65. The minimum Gasteiger partial charge on any atom is -0.321 e. The predicted octanol–water partition coefficient (Wildman–Crippen LogP) is 1.72. The highest BCUT2D eigenvalue weighted by Gasteiger charge is 2.31. The first-order valence-corrected chi connectivity index (χ1v) is 8.90. The van der Waals surface area contributed by atoms with Crippen LogP contribution < -0.4 is 22.0 Å². The molecule has 2 aromatic carbocycles. The molecule has 0 aliphatic rings. The molecule has 1 atom stereocenters. The zero-order chi connectivity index (χ0) is 23.9. The second kappa shape index (κ2) is 10.2. The number of nitrogens with two attached hydrogens (primary N) is 1. The lowest BCUT2D eigenvalue weighted by molar-refractivity contribution is -0.139. The van der Waals surface area contributed by atoms with Gasteiger partial charge >= 0.3 is 18.0 Å². The van der Waals surface area contributed by atoms with Crippen LogP contribution in [0.2, 0.25) is 0 Å². The highest BCUT2D eigenvalue weighted by molar-refractivity contribution is 6.46. The summed E-state index contributed by atoms with van der Waals surface area (Å²) in [5, 5.41) is 15.5. The lowest BCUT2D eigenvalue weighted by atomic mass is 9.91. The maximum atomic E-state index is 13.0. The number of nitriles is 1. The largest absolute Gasteiger partial charge is 0.416 e. The molecule has 0 radical (unpaired) electrons. The molecule has 12 heteroatoms. The topological polar surface area (TPSA) is 149 Å². The van der Waals surface area contributed by atoms with Crippen molar-refractivity contribution >= 4 is 29.1 Å². The molecule has 3 amide bonds. The number of hydrogen-bond donors (Lipinski definition) is 4. The number of hydrazine groups is 1. The number of alkyl halides is 3. The van der Waals surface area contributed by atoms with Gasteiger partial charge in [-0.05, 0) is 36.2 Å². The van der Waals surface area contributed by atoms with Crippen molar-refractivity contribution in [2.45, 2.75) is 19.0 Å². The molecule has 2 aromatic rings. The molecule has 5 N–H and O–H groups in total. The summed E-state index contributed by atoms with van der Waals surface area (Å²) >= 11 is 0. The number of rotatable bonds is 5. The summed E-state index contributed by atoms with van der Waals surface area (Å²) in [6, 6.07) is 12.2. The van der Waals surface area contributed by atoms with Crippen LogP contribution in [0, 0.1) is 18.3 Å². The van der Waals surface area contributed by atoms with Gasteiger partial charge in [-0.15, -0.1) is 0 Å². The third-order valence-electron chi connectivity index (χ3n) is 4.20. The molecule has 2 rings (SSSR count). The Hall–Kier alpha value is -4.24. The normalized spacial score (nSPS) is 12.3. The number of aryl methyl sites for hydroxylation is 1. The highest BCUT2D eigenvalue weighted by atomic mass is 19.4. The van der Waals surface area contributed by atoms with Crippen molar-refractivity contribution in [3.63, 3.8) is 0 Å². The minimum atomic E-state index is -4.64. The van der Waals surface area contributed by atoms with Crippen LogP contribution in [0.15, 0.2) is 53.6 Å². The predicted molar refractivity (Wildman–Crippen MR) is 108 cm³/mol. The Balaban J connectivity index is 2.45. The fourth-order valence-corrected chi connectivity index (χ4v) is 2.63. The molecule has 32 heavy (non-hydrogen) atoms. The van der Waals surface area contributed by atoms with Gasteiger partial charge in [0, 0.05) is 5.69 Å². The number of carbonyl (C=O) groups is 3. The van der Waals surface area contributed by atoms with E-state index in [2.05, 4.69) is 10.4 Å². The van der Waals surface area contributed by atoms with Gasteiger partial charge in [0.1, 0.15) is 11.6 Å². The molecule has 9 nitrogen and oxygen atoms in total. The van der Waals surface area contributed by atoms with Crippen LogP contribution in [0.25, 0.3) is 0 Å². The Labute approximate surface area is 180 Å². The average Bonchev–Trinajstić information content (AvgIpc) is 2.76. The van der Waals surface area contributed by atoms with Crippen molar-refractivity contribution in [3.05, 3.63) is 65.2 Å². The molecule has 0 aliphatic heterocycles. The van der Waals surface area contributed by atoms with Crippen molar-refractivity contribution in [3.8, 4) is 6.07 Å². The molecule has 166 valence electrons. The summed E-state index contributed by atoms with van der Waals surface area (Å²) in [4.78, 5) is 35.8. The van der Waals surface area contributed by atoms with Gasteiger partial charge in [-0.1, -0.05) is 30.3 Å². The van der Waals surface area contributed by atoms with E-state index in [9.17, 15) is 32.8 Å². The number of halogens is 3. The molecule has 0 bridgehead atoms. The summed E-state index contributed by atoms with van der Waals surface area (Å²) in [7, 11) is 0. The van der Waals surface area contributed by atoms with E-state index in [-0.39, 0.29) is 5.69 Å². The number of nitrogens with zero attached hydrogens (tertiary/aromatic N) is 2. The van der Waals surface area contributed by atoms with Gasteiger partial charge in [0.05, 0.1) is 11.6 Å². The van der Waals surface area contributed by atoms with Crippen LogP contribution in [-0.4, -0.2) is 23.4 Å². The van der Waals surface area contributed by atoms with Gasteiger partial charge in [-0.3, -0.25) is 19.8 Å². The van der Waals surface area contributed by atoms with Crippen molar-refractivity contribution in [2.24, 2.45) is 10.9 Å². The molecular formula is C20H17F3N6O3. The fourth-order valence-electron chi connectivity index (χ4n) is 2.63. The molecule has 0 saturated heterocycles. The van der Waals surface area contributed by atoms with E-state index in [0.29, 0.717) is 17.2 Å². The van der Waals surface area contributed by atoms with Crippen molar-refractivity contribution in [1.29, 1.82) is 5.26 Å². The lowest BCUT2D eigenvalue weighted by Gasteiger charge is -2.16. The third kappa shape index (κ3) is 5.89. The first-order chi connectivity index (χ1) is 15.1. The number of benzene rings is 2. The zero-order valence-electron chi connectivity index (χ0n) is 16.5. The van der Waals surface area contributed by atoms with E-state index >= 15 is 0 Å². The smallest absolute Gasteiger partial charge is 0.321 e. The van der Waals surface area contributed by atoms with Crippen LogP contribution in [0.4, 0.5) is 18.9 Å². The van der Waals surface area contributed by atoms with Gasteiger partial charge < -0.3 is 5.32 Å². The number of amides is 3. The van der Waals surface area contributed by atoms with Crippen LogP contribution in [-0.2, 0) is 20.6 Å². The summed E-state index contributed by atoms with van der Waals surface area (Å²) < 4.78 is 38.9. The first kappa shape index (κ1) is 24.0. The maximum Gasteiger partial charge on any atom is 0.416 e. The third-order valence-corrected chi connectivity index (χ3v) is 4.20. The Bertz CT molecular complexity index is 1110. The van der Waals surface area contributed by atoms with Gasteiger partial charge in [0.2, 0.25) is 0 Å². The Morgan fingerprint density at radius 3 is 2.34 bits per heavy atom.